The quantitative estimate of drug-likeness (QED) is 0.111. The minimum absolute atomic E-state index is 0.252. The molecule has 54 heavy (non-hydrogen) atoms. The van der Waals surface area contributed by atoms with Crippen LogP contribution in [0.15, 0.2) is 101 Å². The Morgan fingerprint density at radius 3 is 2.67 bits per heavy atom. The summed E-state index contributed by atoms with van der Waals surface area (Å²) in [6.07, 6.45) is 3.99. The van der Waals surface area contributed by atoms with Gasteiger partial charge in [0.2, 0.25) is 0 Å². The molecule has 15 heteroatoms. The summed E-state index contributed by atoms with van der Waals surface area (Å²) in [6.45, 7) is 9.09. The highest BCUT2D eigenvalue weighted by molar-refractivity contribution is 7.99. The zero-order valence-electron chi connectivity index (χ0n) is 30.2. The number of morpholine rings is 1. The van der Waals surface area contributed by atoms with Gasteiger partial charge in [0, 0.05) is 59.9 Å². The van der Waals surface area contributed by atoms with Crippen LogP contribution in [-0.4, -0.2) is 86.1 Å². The van der Waals surface area contributed by atoms with Gasteiger partial charge in [-0.05, 0) is 68.1 Å². The molecule has 3 aromatic carbocycles. The van der Waals surface area contributed by atoms with Crippen LogP contribution in [0.25, 0.3) is 22.7 Å². The molecule has 0 atom stereocenters. The zero-order chi connectivity index (χ0) is 37.7. The van der Waals surface area contributed by atoms with Crippen molar-refractivity contribution >= 4 is 41.0 Å². The summed E-state index contributed by atoms with van der Waals surface area (Å²) in [5, 5.41) is 29.5. The number of carbonyl (C=O) groups excluding carboxylic acids is 1. The molecular formula is C39H41FN8O4S2. The van der Waals surface area contributed by atoms with Gasteiger partial charge in [-0.1, -0.05) is 42.1 Å². The fourth-order valence-corrected chi connectivity index (χ4v) is 7.16. The van der Waals surface area contributed by atoms with Crippen LogP contribution in [0.1, 0.15) is 25.1 Å². The number of nitrogens with zero attached hydrogens (tertiary/aromatic N) is 6. The Balaban J connectivity index is 1.04. The van der Waals surface area contributed by atoms with Crippen molar-refractivity contribution in [2.45, 2.75) is 34.9 Å². The summed E-state index contributed by atoms with van der Waals surface area (Å²) >= 11 is 3.18. The number of hydrogen-bond acceptors (Lipinski definition) is 10. The number of halogens is 1. The van der Waals surface area contributed by atoms with Crippen LogP contribution in [0.4, 0.5) is 15.0 Å². The number of pyridine rings is 1. The summed E-state index contributed by atoms with van der Waals surface area (Å²) in [4.78, 5) is 17.6. The van der Waals surface area contributed by atoms with E-state index in [9.17, 15) is 14.3 Å². The third kappa shape index (κ3) is 8.65. The maximum Gasteiger partial charge on any atom is 0.320 e. The minimum Gasteiger partial charge on any atom is -0.505 e. The molecule has 280 valence electrons. The molecule has 1 aliphatic heterocycles. The lowest BCUT2D eigenvalue weighted by molar-refractivity contribution is 0.0322. The van der Waals surface area contributed by atoms with Gasteiger partial charge >= 0.3 is 6.03 Å². The number of fused-ring (bicyclic) bond motifs is 1. The molecule has 0 aliphatic carbocycles. The van der Waals surface area contributed by atoms with E-state index < -0.39 is 17.6 Å². The number of hydrogen-bond donors (Lipinski definition) is 3. The maximum absolute atomic E-state index is 13.9. The van der Waals surface area contributed by atoms with Crippen LogP contribution >= 0.6 is 23.5 Å². The fraction of sp³-hybridized carbons (Fsp3) is 0.282. The molecule has 7 rings (SSSR count). The number of anilines is 1. The first-order valence-electron chi connectivity index (χ1n) is 17.5. The normalized spacial score (nSPS) is 13.6. The molecule has 0 radical (unpaired) electrons. The molecule has 3 aromatic heterocycles. The lowest BCUT2D eigenvalue weighted by atomic mass is 10.1. The van der Waals surface area contributed by atoms with Crippen molar-refractivity contribution in [1.29, 1.82) is 0 Å². The first-order valence-corrected chi connectivity index (χ1v) is 19.5. The summed E-state index contributed by atoms with van der Waals surface area (Å²) in [7, 11) is 0. The molecule has 2 amide bonds. The summed E-state index contributed by atoms with van der Waals surface area (Å²) in [5.74, 6) is 0.607. The molecule has 0 bridgehead atoms. The number of thioether (sulfide) groups is 1. The van der Waals surface area contributed by atoms with E-state index in [1.165, 1.54) is 16.8 Å². The van der Waals surface area contributed by atoms with Crippen molar-refractivity contribution in [2.24, 2.45) is 0 Å². The molecule has 0 spiro atoms. The highest BCUT2D eigenvalue weighted by atomic mass is 32.2. The number of aromatic hydroxyl groups is 1. The largest absolute Gasteiger partial charge is 0.505 e. The van der Waals surface area contributed by atoms with E-state index in [4.69, 9.17) is 14.6 Å². The maximum atomic E-state index is 13.9. The number of aromatic nitrogens is 5. The van der Waals surface area contributed by atoms with Gasteiger partial charge in [-0.25, -0.2) is 13.9 Å². The highest BCUT2D eigenvalue weighted by Gasteiger charge is 2.26. The Hall–Kier alpha value is -5.09. The minimum atomic E-state index is -0.743. The first kappa shape index (κ1) is 37.2. The molecule has 12 nitrogen and oxygen atoms in total. The van der Waals surface area contributed by atoms with E-state index in [2.05, 4.69) is 25.7 Å². The van der Waals surface area contributed by atoms with Crippen LogP contribution in [0.3, 0.4) is 0 Å². The topological polar surface area (TPSA) is 131 Å². The number of ether oxygens (including phenoxy) is 2. The average molecular weight is 769 g/mol. The molecule has 4 heterocycles. The van der Waals surface area contributed by atoms with Crippen LogP contribution in [0.5, 0.6) is 11.5 Å². The van der Waals surface area contributed by atoms with E-state index in [0.29, 0.717) is 29.6 Å². The van der Waals surface area contributed by atoms with Crippen molar-refractivity contribution in [2.75, 3.05) is 51.0 Å². The molecular weight excluding hydrogens is 728 g/mol. The third-order valence-corrected chi connectivity index (χ3v) is 11.5. The van der Waals surface area contributed by atoms with Gasteiger partial charge in [0.05, 0.1) is 29.3 Å². The van der Waals surface area contributed by atoms with Gasteiger partial charge in [0.1, 0.15) is 18.2 Å². The third-order valence-electron chi connectivity index (χ3n) is 9.14. The van der Waals surface area contributed by atoms with Gasteiger partial charge in [0.25, 0.3) is 0 Å². The molecule has 0 unspecified atom stereocenters. The predicted molar refractivity (Wildman–Crippen MR) is 209 cm³/mol. The van der Waals surface area contributed by atoms with E-state index >= 15 is 0 Å². The monoisotopic (exact) mass is 768 g/mol. The number of urea groups is 1. The second kappa shape index (κ2) is 16.5. The van der Waals surface area contributed by atoms with Gasteiger partial charge < -0.3 is 19.9 Å². The van der Waals surface area contributed by atoms with E-state index in [1.54, 1.807) is 29.6 Å². The van der Waals surface area contributed by atoms with E-state index in [-0.39, 0.29) is 11.3 Å². The summed E-state index contributed by atoms with van der Waals surface area (Å²) in [5.41, 5.74) is 3.65. The molecule has 0 saturated carbocycles. The molecule has 1 aliphatic rings. The Morgan fingerprint density at radius 2 is 1.85 bits per heavy atom. The lowest BCUT2D eigenvalue weighted by Crippen LogP contribution is -2.38. The fourth-order valence-electron chi connectivity index (χ4n) is 5.88. The van der Waals surface area contributed by atoms with Crippen molar-refractivity contribution in [1.82, 2.24) is 34.6 Å². The zero-order valence-corrected chi connectivity index (χ0v) is 31.8. The smallest absolute Gasteiger partial charge is 0.320 e. The van der Waals surface area contributed by atoms with Gasteiger partial charge in [-0.15, -0.1) is 10.2 Å². The predicted octanol–water partition coefficient (Wildman–Crippen LogP) is 7.21. The van der Waals surface area contributed by atoms with Crippen molar-refractivity contribution in [3.8, 4) is 28.6 Å². The van der Waals surface area contributed by atoms with Crippen LogP contribution in [0.2, 0.25) is 0 Å². The van der Waals surface area contributed by atoms with Crippen LogP contribution in [0, 0.1) is 5.82 Å². The van der Waals surface area contributed by atoms with Gasteiger partial charge in [-0.2, -0.15) is 16.9 Å². The number of benzene rings is 3. The lowest BCUT2D eigenvalue weighted by Gasteiger charge is -2.26. The SMILES string of the molecule is CSC(C)(C)c1cc(NC(=O)NCc2ccccc2Sc2ccc3nnc(-c4cccc(OCCN5CCOCC5)c4)n3c2)n(-c2ccc(F)c(O)c2)n1. The van der Waals surface area contributed by atoms with Crippen molar-refractivity contribution in [3.63, 3.8) is 0 Å². The summed E-state index contributed by atoms with van der Waals surface area (Å²) < 4.78 is 28.5. The Bertz CT molecular complexity index is 2260. The van der Waals surface area contributed by atoms with Gasteiger partial charge in [0.15, 0.2) is 23.0 Å². The van der Waals surface area contributed by atoms with E-state index in [0.717, 1.165) is 71.2 Å². The second-order valence-electron chi connectivity index (χ2n) is 13.1. The molecule has 3 N–H and O–H groups in total. The van der Waals surface area contributed by atoms with Crippen LogP contribution in [-0.2, 0) is 16.0 Å². The highest BCUT2D eigenvalue weighted by Crippen LogP contribution is 2.36. The number of carbonyl (C=O) groups is 1. The average Bonchev–Trinajstić information content (AvgIpc) is 3.81. The standard InChI is InChI=1S/C39H41FN8O4S2/c1-39(2,53-3)34-23-36(48(45-34)28-11-13-31(40)32(49)22-28)42-38(50)41-24-27-7-4-5-10-33(27)54-30-12-14-35-43-44-37(47(35)25-30)26-8-6-9-29(21-26)52-20-17-46-15-18-51-19-16-46/h4-14,21-23,25,49H,15-20,24H2,1-3H3,(H2,41,42,50). The number of rotatable bonds is 13. The summed E-state index contributed by atoms with van der Waals surface area (Å²) in [6, 6.07) is 25.0. The Kier molecular flexibility index (Phi) is 11.4. The Labute approximate surface area is 321 Å². The van der Waals surface area contributed by atoms with Gasteiger partial charge in [-0.3, -0.25) is 14.6 Å². The van der Waals surface area contributed by atoms with Crippen molar-refractivity contribution in [3.05, 3.63) is 108 Å². The molecule has 1 saturated heterocycles. The molecule has 1 fully saturated rings. The number of nitrogens with one attached hydrogen (secondary N) is 2. The number of amides is 2. The number of phenolic OH excluding ortho intramolecular Hbond substituents is 1. The Morgan fingerprint density at radius 1 is 1.02 bits per heavy atom. The molecule has 6 aromatic rings. The number of phenols is 1. The second-order valence-corrected chi connectivity index (χ2v) is 15.7. The van der Waals surface area contributed by atoms with Crippen LogP contribution < -0.4 is 15.4 Å². The van der Waals surface area contributed by atoms with Crippen molar-refractivity contribution < 1.29 is 23.8 Å². The first-order chi connectivity index (χ1) is 26.2. The van der Waals surface area contributed by atoms with E-state index in [1.807, 2.05) is 91.4 Å².